The van der Waals surface area contributed by atoms with Gasteiger partial charge in [-0.05, 0) is 25.1 Å². The Morgan fingerprint density at radius 3 is 2.52 bits per heavy atom. The average Bonchev–Trinajstić information content (AvgIpc) is 3.15. The van der Waals surface area contributed by atoms with Gasteiger partial charge in [-0.15, -0.1) is 0 Å². The van der Waals surface area contributed by atoms with Crippen LogP contribution in [0.5, 0.6) is 0 Å². The number of aromatic nitrogens is 3. The fourth-order valence-electron chi connectivity index (χ4n) is 2.29. The summed E-state index contributed by atoms with van der Waals surface area (Å²) in [5.74, 6) is -0.521. The largest absolute Gasteiger partial charge is 0.367 e. The van der Waals surface area contributed by atoms with Crippen molar-refractivity contribution in [2.45, 2.75) is 17.2 Å². The zero-order valence-electron chi connectivity index (χ0n) is 13.4. The second-order valence-electron chi connectivity index (χ2n) is 5.44. The maximum Gasteiger partial charge on any atom is 0.254 e. The first-order valence-corrected chi connectivity index (χ1v) is 9.03. The van der Waals surface area contributed by atoms with Crippen molar-refractivity contribution in [1.29, 1.82) is 0 Å². The van der Waals surface area contributed by atoms with E-state index in [1.807, 2.05) is 6.92 Å². The zero-order chi connectivity index (χ0) is 17.9. The Balaban J connectivity index is 2.01. The summed E-state index contributed by atoms with van der Waals surface area (Å²) in [4.78, 5) is 23.2. The van der Waals surface area contributed by atoms with Crippen molar-refractivity contribution in [2.75, 3.05) is 0 Å². The molecule has 0 spiro atoms. The molecule has 0 aliphatic rings. The molecule has 0 fully saturated rings. The number of hydrogen-bond donors (Lipinski definition) is 2. The summed E-state index contributed by atoms with van der Waals surface area (Å²) in [6.07, 6.45) is 7.22. The molecule has 2 aromatic heterocycles. The molecule has 3 rings (SSSR count). The fourth-order valence-corrected chi connectivity index (χ4v) is 3.78. The van der Waals surface area contributed by atoms with Crippen LogP contribution in [0, 0.1) is 6.92 Å². The summed E-state index contributed by atoms with van der Waals surface area (Å²) in [6.45, 7) is 1.87. The van der Waals surface area contributed by atoms with Gasteiger partial charge in [0, 0.05) is 24.8 Å². The lowest BCUT2D eigenvalue weighted by molar-refractivity contribution is 0.0947. The molecule has 0 aliphatic heterocycles. The smallest absolute Gasteiger partial charge is 0.254 e. The lowest BCUT2D eigenvalue weighted by Crippen LogP contribution is -2.34. The van der Waals surface area contributed by atoms with Crippen LogP contribution in [0.2, 0.25) is 0 Å². The van der Waals surface area contributed by atoms with Gasteiger partial charge in [-0.3, -0.25) is 14.8 Å². The third kappa shape index (κ3) is 3.58. The van der Waals surface area contributed by atoms with Crippen LogP contribution < -0.4 is 5.32 Å². The van der Waals surface area contributed by atoms with Crippen LogP contribution >= 0.6 is 0 Å². The average molecular weight is 356 g/mol. The van der Waals surface area contributed by atoms with Gasteiger partial charge in [-0.2, -0.15) is 0 Å². The lowest BCUT2D eigenvalue weighted by atomic mass is 10.2. The van der Waals surface area contributed by atoms with Crippen molar-refractivity contribution in [3.8, 4) is 0 Å². The molecule has 8 heteroatoms. The summed E-state index contributed by atoms with van der Waals surface area (Å²) in [6, 6.07) is 7.98. The molecular formula is C17H16N4O3S. The highest BCUT2D eigenvalue weighted by Gasteiger charge is 2.32. The number of hydrogen-bond acceptors (Lipinski definition) is 5. The van der Waals surface area contributed by atoms with E-state index in [2.05, 4.69) is 20.3 Å². The number of carbonyl (C=O) groups excluding carboxylic acids is 1. The van der Waals surface area contributed by atoms with E-state index in [0.29, 0.717) is 5.56 Å². The second-order valence-corrected chi connectivity index (χ2v) is 7.47. The molecule has 1 atom stereocenters. The van der Waals surface area contributed by atoms with E-state index in [1.165, 1.54) is 36.9 Å². The van der Waals surface area contributed by atoms with Crippen LogP contribution in [0.15, 0.2) is 66.2 Å². The van der Waals surface area contributed by atoms with Crippen molar-refractivity contribution in [1.82, 2.24) is 20.3 Å². The van der Waals surface area contributed by atoms with Crippen molar-refractivity contribution in [3.05, 3.63) is 78.1 Å². The summed E-state index contributed by atoms with van der Waals surface area (Å²) in [5.41, 5.74) is 1.41. The van der Waals surface area contributed by atoms with Crippen molar-refractivity contribution in [3.63, 3.8) is 0 Å². The molecule has 1 amide bonds. The molecule has 0 saturated heterocycles. The van der Waals surface area contributed by atoms with E-state index in [9.17, 15) is 13.2 Å². The molecule has 0 aliphatic carbocycles. The van der Waals surface area contributed by atoms with Crippen LogP contribution in [0.1, 0.15) is 27.0 Å². The number of carbonyl (C=O) groups is 1. The zero-order valence-corrected chi connectivity index (χ0v) is 14.2. The minimum Gasteiger partial charge on any atom is -0.367 e. The molecular weight excluding hydrogens is 340 g/mol. The Kier molecular flexibility index (Phi) is 4.62. The number of H-pyrrole nitrogens is 1. The summed E-state index contributed by atoms with van der Waals surface area (Å²) >= 11 is 0. The number of nitrogens with one attached hydrogen (secondary N) is 2. The van der Waals surface area contributed by atoms with Gasteiger partial charge in [0.15, 0.2) is 5.37 Å². The summed E-state index contributed by atoms with van der Waals surface area (Å²) < 4.78 is 26.1. The number of aromatic amines is 1. The SMILES string of the molecule is Cc1ccc(S(=O)(=O)C(NC(=O)c2cc[nH]c2)c2cnccn2)cc1. The molecule has 2 heterocycles. The van der Waals surface area contributed by atoms with E-state index >= 15 is 0 Å². The second kappa shape index (κ2) is 6.86. The first kappa shape index (κ1) is 16.8. The minimum atomic E-state index is -3.90. The number of amides is 1. The van der Waals surface area contributed by atoms with E-state index in [-0.39, 0.29) is 10.6 Å². The Labute approximate surface area is 145 Å². The Morgan fingerprint density at radius 1 is 1.16 bits per heavy atom. The quantitative estimate of drug-likeness (QED) is 0.728. The molecule has 25 heavy (non-hydrogen) atoms. The van der Waals surface area contributed by atoms with Crippen molar-refractivity contribution in [2.24, 2.45) is 0 Å². The monoisotopic (exact) mass is 356 g/mol. The summed E-state index contributed by atoms with van der Waals surface area (Å²) in [5, 5.41) is 1.20. The van der Waals surface area contributed by atoms with Gasteiger partial charge < -0.3 is 10.3 Å². The Hall–Kier alpha value is -3.00. The minimum absolute atomic E-state index is 0.100. The number of rotatable bonds is 5. The predicted octanol–water partition coefficient (Wildman–Crippen LogP) is 2.02. The van der Waals surface area contributed by atoms with Crippen LogP contribution in [0.4, 0.5) is 0 Å². The van der Waals surface area contributed by atoms with Gasteiger partial charge in [0.25, 0.3) is 5.91 Å². The third-order valence-electron chi connectivity index (χ3n) is 3.63. The highest BCUT2D eigenvalue weighted by Crippen LogP contribution is 2.26. The maximum absolute atomic E-state index is 13.1. The predicted molar refractivity (Wildman–Crippen MR) is 91.4 cm³/mol. The Bertz CT molecular complexity index is 953. The topological polar surface area (TPSA) is 105 Å². The van der Waals surface area contributed by atoms with Crippen molar-refractivity contribution >= 4 is 15.7 Å². The third-order valence-corrected chi connectivity index (χ3v) is 5.54. The molecule has 128 valence electrons. The highest BCUT2D eigenvalue weighted by atomic mass is 32.2. The Morgan fingerprint density at radius 2 is 1.92 bits per heavy atom. The van der Waals surface area contributed by atoms with E-state index in [0.717, 1.165) is 5.56 Å². The van der Waals surface area contributed by atoms with E-state index < -0.39 is 21.1 Å². The molecule has 2 N–H and O–H groups in total. The van der Waals surface area contributed by atoms with E-state index in [4.69, 9.17) is 0 Å². The molecule has 1 unspecified atom stereocenters. The number of sulfone groups is 1. The van der Waals surface area contributed by atoms with Gasteiger partial charge in [0.2, 0.25) is 9.84 Å². The van der Waals surface area contributed by atoms with Gasteiger partial charge in [0.1, 0.15) is 0 Å². The first-order chi connectivity index (χ1) is 12.0. The van der Waals surface area contributed by atoms with Crippen LogP contribution in [0.25, 0.3) is 0 Å². The number of aryl methyl sites for hydroxylation is 1. The lowest BCUT2D eigenvalue weighted by Gasteiger charge is -2.18. The van der Waals surface area contributed by atoms with Crippen LogP contribution in [0.3, 0.4) is 0 Å². The fraction of sp³-hybridized carbons (Fsp3) is 0.118. The standard InChI is InChI=1S/C17H16N4O3S/c1-12-2-4-14(5-3-12)25(23,24)17(15-11-19-8-9-20-15)21-16(22)13-6-7-18-10-13/h2-11,17-18H,1H3,(H,21,22). The van der Waals surface area contributed by atoms with E-state index in [1.54, 1.807) is 24.4 Å². The number of nitrogens with zero attached hydrogens (tertiary/aromatic N) is 2. The molecule has 0 bridgehead atoms. The maximum atomic E-state index is 13.1. The first-order valence-electron chi connectivity index (χ1n) is 7.48. The molecule has 3 aromatic rings. The van der Waals surface area contributed by atoms with Gasteiger partial charge in [-0.25, -0.2) is 8.42 Å². The number of benzene rings is 1. The van der Waals surface area contributed by atoms with Gasteiger partial charge in [0.05, 0.1) is 22.3 Å². The van der Waals surface area contributed by atoms with Crippen molar-refractivity contribution < 1.29 is 13.2 Å². The van der Waals surface area contributed by atoms with Gasteiger partial charge in [-0.1, -0.05) is 17.7 Å². The molecule has 0 saturated carbocycles. The highest BCUT2D eigenvalue weighted by molar-refractivity contribution is 7.91. The molecule has 1 aromatic carbocycles. The van der Waals surface area contributed by atoms with Crippen LogP contribution in [-0.2, 0) is 9.84 Å². The molecule has 0 radical (unpaired) electrons. The molecule has 7 nitrogen and oxygen atoms in total. The van der Waals surface area contributed by atoms with Gasteiger partial charge >= 0.3 is 0 Å². The van der Waals surface area contributed by atoms with Crippen LogP contribution in [-0.4, -0.2) is 29.3 Å². The normalized spacial score (nSPS) is 12.5. The summed E-state index contributed by atoms with van der Waals surface area (Å²) in [7, 11) is -3.90.